The lowest BCUT2D eigenvalue weighted by molar-refractivity contribution is -0.121. The molecule has 1 atom stereocenters. The molecule has 0 aliphatic heterocycles. The van der Waals surface area contributed by atoms with Crippen LogP contribution in [0, 0.1) is 11.6 Å². The Bertz CT molecular complexity index is 748. The van der Waals surface area contributed by atoms with Crippen LogP contribution in [0.4, 0.5) is 8.78 Å². The Kier molecular flexibility index (Phi) is 10.4. The first-order valence-electron chi connectivity index (χ1n) is 8.88. The van der Waals surface area contributed by atoms with Crippen LogP contribution in [-0.2, 0) is 4.79 Å². The summed E-state index contributed by atoms with van der Waals surface area (Å²) in [6.07, 6.45) is 0.734. The number of hydrogen-bond donors (Lipinski definition) is 3. The van der Waals surface area contributed by atoms with Crippen LogP contribution in [0.15, 0.2) is 42.5 Å². The molecule has 0 fully saturated rings. The molecule has 5 nitrogen and oxygen atoms in total. The van der Waals surface area contributed by atoms with Crippen LogP contribution in [-0.4, -0.2) is 30.7 Å². The largest absolute Gasteiger partial charge is 0.451 e. The number of halogens is 3. The van der Waals surface area contributed by atoms with Crippen molar-refractivity contribution in [3.63, 3.8) is 0 Å². The summed E-state index contributed by atoms with van der Waals surface area (Å²) in [4.78, 5) is 11.6. The molecule has 0 aliphatic rings. The standard InChI is InChI=1S/C20H24F2N2O3.ClH/c1-2-17(23-11-10-18(26)24-12-13-25)15-8-9-16(21)20(19(15)22)27-14-6-4-3-5-7-14;/h3-9,17,23,25H,2,10-13H2,1H3,(H,24,26);1H/t17-;/m0./s1. The van der Waals surface area contributed by atoms with Crippen LogP contribution >= 0.6 is 12.4 Å². The van der Waals surface area contributed by atoms with Gasteiger partial charge in [-0.2, -0.15) is 0 Å². The summed E-state index contributed by atoms with van der Waals surface area (Å²) in [7, 11) is 0. The van der Waals surface area contributed by atoms with E-state index in [0.29, 0.717) is 18.7 Å². The second kappa shape index (κ2) is 12.3. The van der Waals surface area contributed by atoms with E-state index in [0.717, 1.165) is 0 Å². The van der Waals surface area contributed by atoms with Gasteiger partial charge in [-0.15, -0.1) is 12.4 Å². The van der Waals surface area contributed by atoms with E-state index in [1.165, 1.54) is 12.1 Å². The fourth-order valence-electron chi connectivity index (χ4n) is 2.63. The van der Waals surface area contributed by atoms with Crippen molar-refractivity contribution in [3.05, 3.63) is 59.7 Å². The lowest BCUT2D eigenvalue weighted by Gasteiger charge is -2.20. The maximum atomic E-state index is 14.9. The summed E-state index contributed by atoms with van der Waals surface area (Å²) in [5.74, 6) is -1.85. The van der Waals surface area contributed by atoms with Gasteiger partial charge in [0.1, 0.15) is 5.75 Å². The molecule has 0 aromatic heterocycles. The average Bonchev–Trinajstić information content (AvgIpc) is 2.68. The monoisotopic (exact) mass is 414 g/mol. The molecule has 0 bridgehead atoms. The van der Waals surface area contributed by atoms with Gasteiger partial charge in [-0.25, -0.2) is 8.78 Å². The van der Waals surface area contributed by atoms with Gasteiger partial charge in [-0.05, 0) is 24.6 Å². The molecule has 3 N–H and O–H groups in total. The molecule has 2 aromatic rings. The molecular weight excluding hydrogens is 390 g/mol. The summed E-state index contributed by atoms with van der Waals surface area (Å²) >= 11 is 0. The highest BCUT2D eigenvalue weighted by molar-refractivity contribution is 5.85. The van der Waals surface area contributed by atoms with E-state index in [1.807, 2.05) is 6.92 Å². The van der Waals surface area contributed by atoms with Gasteiger partial charge >= 0.3 is 0 Å². The topological polar surface area (TPSA) is 70.6 Å². The average molecular weight is 415 g/mol. The molecular formula is C20H25ClF2N2O3. The molecule has 28 heavy (non-hydrogen) atoms. The van der Waals surface area contributed by atoms with Gasteiger partial charge < -0.3 is 20.5 Å². The highest BCUT2D eigenvalue weighted by atomic mass is 35.5. The number of nitrogens with one attached hydrogen (secondary N) is 2. The summed E-state index contributed by atoms with van der Waals surface area (Å²) < 4.78 is 34.4. The molecule has 0 unspecified atom stereocenters. The zero-order chi connectivity index (χ0) is 19.6. The highest BCUT2D eigenvalue weighted by Gasteiger charge is 2.21. The van der Waals surface area contributed by atoms with Gasteiger partial charge in [0.15, 0.2) is 17.4 Å². The summed E-state index contributed by atoms with van der Waals surface area (Å²) in [6.45, 7) is 2.26. The molecule has 0 heterocycles. The zero-order valence-corrected chi connectivity index (χ0v) is 16.4. The van der Waals surface area contributed by atoms with E-state index in [-0.39, 0.29) is 43.5 Å². The third-order valence-corrected chi connectivity index (χ3v) is 4.00. The third kappa shape index (κ3) is 6.74. The van der Waals surface area contributed by atoms with E-state index < -0.39 is 23.4 Å². The minimum absolute atomic E-state index is 0. The van der Waals surface area contributed by atoms with Crippen LogP contribution in [0.2, 0.25) is 0 Å². The molecule has 2 aromatic carbocycles. The van der Waals surface area contributed by atoms with Gasteiger partial charge in [0.2, 0.25) is 5.91 Å². The number of aliphatic hydroxyl groups is 1. The molecule has 154 valence electrons. The second-order valence-corrected chi connectivity index (χ2v) is 5.93. The minimum Gasteiger partial charge on any atom is -0.451 e. The van der Waals surface area contributed by atoms with E-state index in [4.69, 9.17) is 9.84 Å². The van der Waals surface area contributed by atoms with Crippen molar-refractivity contribution < 1.29 is 23.4 Å². The highest BCUT2D eigenvalue weighted by Crippen LogP contribution is 2.32. The van der Waals surface area contributed by atoms with Crippen LogP contribution in [0.1, 0.15) is 31.4 Å². The second-order valence-electron chi connectivity index (χ2n) is 5.93. The Morgan fingerprint density at radius 3 is 2.50 bits per heavy atom. The van der Waals surface area contributed by atoms with Gasteiger partial charge in [0.25, 0.3) is 0 Å². The van der Waals surface area contributed by atoms with Crippen molar-refractivity contribution in [2.75, 3.05) is 19.7 Å². The Morgan fingerprint density at radius 1 is 1.14 bits per heavy atom. The first-order chi connectivity index (χ1) is 13.1. The van der Waals surface area contributed by atoms with Crippen molar-refractivity contribution in [1.82, 2.24) is 10.6 Å². The van der Waals surface area contributed by atoms with E-state index in [9.17, 15) is 13.6 Å². The predicted molar refractivity (Wildman–Crippen MR) is 106 cm³/mol. The normalized spacial score (nSPS) is 11.4. The lowest BCUT2D eigenvalue weighted by atomic mass is 10.0. The van der Waals surface area contributed by atoms with Crippen molar-refractivity contribution in [2.45, 2.75) is 25.8 Å². The fraction of sp³-hybridized carbons (Fsp3) is 0.350. The zero-order valence-electron chi connectivity index (χ0n) is 15.6. The SMILES string of the molecule is CC[C@H](NCCC(=O)NCCO)c1ccc(F)c(Oc2ccccc2)c1F.Cl. The molecule has 0 aliphatic carbocycles. The number of benzene rings is 2. The quantitative estimate of drug-likeness (QED) is 0.554. The predicted octanol–water partition coefficient (Wildman–Crippen LogP) is 3.72. The van der Waals surface area contributed by atoms with Crippen LogP contribution in [0.3, 0.4) is 0 Å². The van der Waals surface area contributed by atoms with Crippen LogP contribution in [0.25, 0.3) is 0 Å². The molecule has 0 spiro atoms. The number of para-hydroxylation sites is 1. The van der Waals surface area contributed by atoms with E-state index in [2.05, 4.69) is 10.6 Å². The van der Waals surface area contributed by atoms with Crippen molar-refractivity contribution in [2.24, 2.45) is 0 Å². The molecule has 1 amide bonds. The number of aliphatic hydroxyl groups excluding tert-OH is 1. The van der Waals surface area contributed by atoms with Gasteiger partial charge in [-0.1, -0.05) is 31.2 Å². The van der Waals surface area contributed by atoms with Crippen molar-refractivity contribution >= 4 is 18.3 Å². The number of rotatable bonds is 10. The molecule has 0 saturated heterocycles. The summed E-state index contributed by atoms with van der Waals surface area (Å²) in [6, 6.07) is 10.6. The lowest BCUT2D eigenvalue weighted by Crippen LogP contribution is -2.31. The maximum absolute atomic E-state index is 14.9. The van der Waals surface area contributed by atoms with Gasteiger partial charge in [0.05, 0.1) is 6.61 Å². The minimum atomic E-state index is -0.779. The summed E-state index contributed by atoms with van der Waals surface area (Å²) in [5, 5.41) is 14.3. The van der Waals surface area contributed by atoms with Crippen molar-refractivity contribution in [1.29, 1.82) is 0 Å². The number of ether oxygens (including phenoxy) is 1. The van der Waals surface area contributed by atoms with Gasteiger partial charge in [0, 0.05) is 31.1 Å². The Hall–Kier alpha value is -2.22. The third-order valence-electron chi connectivity index (χ3n) is 4.00. The first-order valence-corrected chi connectivity index (χ1v) is 8.88. The van der Waals surface area contributed by atoms with Gasteiger partial charge in [-0.3, -0.25) is 4.79 Å². The number of carbonyl (C=O) groups is 1. The number of carbonyl (C=O) groups excluding carboxylic acids is 1. The van der Waals surface area contributed by atoms with Crippen molar-refractivity contribution in [3.8, 4) is 11.5 Å². The molecule has 0 saturated carbocycles. The molecule has 8 heteroatoms. The molecule has 2 rings (SSSR count). The molecule has 0 radical (unpaired) electrons. The Balaban J connectivity index is 0.00000392. The first kappa shape index (κ1) is 23.8. The maximum Gasteiger partial charge on any atom is 0.221 e. The Labute approximate surface area is 169 Å². The van der Waals surface area contributed by atoms with Crippen LogP contribution in [0.5, 0.6) is 11.5 Å². The number of hydrogen-bond acceptors (Lipinski definition) is 4. The smallest absolute Gasteiger partial charge is 0.221 e. The van der Waals surface area contributed by atoms with Crippen LogP contribution < -0.4 is 15.4 Å². The van der Waals surface area contributed by atoms with E-state index in [1.54, 1.807) is 30.3 Å². The van der Waals surface area contributed by atoms with E-state index >= 15 is 0 Å². The number of amides is 1. The fourth-order valence-corrected chi connectivity index (χ4v) is 2.63. The summed E-state index contributed by atoms with van der Waals surface area (Å²) in [5.41, 5.74) is 0.278. The Morgan fingerprint density at radius 2 is 1.86 bits per heavy atom.